The van der Waals surface area contributed by atoms with Gasteiger partial charge >= 0.3 is 0 Å². The van der Waals surface area contributed by atoms with Crippen molar-refractivity contribution in [2.24, 2.45) is 0 Å². The molecule has 6 heteroatoms. The van der Waals surface area contributed by atoms with Crippen molar-refractivity contribution in [1.29, 1.82) is 5.26 Å². The van der Waals surface area contributed by atoms with E-state index in [-0.39, 0.29) is 18.4 Å². The van der Waals surface area contributed by atoms with Crippen LogP contribution in [0.15, 0.2) is 58.5 Å². The molecule has 1 aliphatic rings. The van der Waals surface area contributed by atoms with Crippen LogP contribution in [-0.4, -0.2) is 23.3 Å². The fourth-order valence-electron chi connectivity index (χ4n) is 2.62. The van der Waals surface area contributed by atoms with Gasteiger partial charge in [-0.1, -0.05) is 30.0 Å². The summed E-state index contributed by atoms with van der Waals surface area (Å²) in [6.45, 7) is 3.82. The summed E-state index contributed by atoms with van der Waals surface area (Å²) in [5.74, 6) is -0.596. The van der Waals surface area contributed by atoms with Crippen molar-refractivity contribution in [3.05, 3.63) is 70.3 Å². The Hall–Kier alpha value is -3.04. The second kappa shape index (κ2) is 7.46. The second-order valence-electron chi connectivity index (χ2n) is 5.95. The molecule has 1 aliphatic heterocycles. The van der Waals surface area contributed by atoms with Gasteiger partial charge in [-0.15, -0.1) is 0 Å². The third-order valence-electron chi connectivity index (χ3n) is 4.12. The molecule has 2 aromatic rings. The molecule has 0 spiro atoms. The maximum Gasteiger partial charge on any atom is 0.260 e. The molecular weight excluding hydrogens is 346 g/mol. The van der Waals surface area contributed by atoms with Crippen LogP contribution in [0.25, 0.3) is 0 Å². The molecule has 2 amide bonds. The van der Waals surface area contributed by atoms with Gasteiger partial charge in [-0.2, -0.15) is 5.26 Å². The van der Waals surface area contributed by atoms with Crippen molar-refractivity contribution in [1.82, 2.24) is 4.90 Å². The zero-order valence-electron chi connectivity index (χ0n) is 14.4. The molecule has 3 rings (SSSR count). The molecule has 130 valence electrons. The molecule has 1 heterocycles. The van der Waals surface area contributed by atoms with E-state index in [0.717, 1.165) is 16.0 Å². The summed E-state index contributed by atoms with van der Waals surface area (Å²) >= 11 is 1.31. The predicted molar refractivity (Wildman–Crippen MR) is 102 cm³/mol. The summed E-state index contributed by atoms with van der Waals surface area (Å²) in [6, 6.07) is 14.8. The van der Waals surface area contributed by atoms with Gasteiger partial charge in [-0.25, -0.2) is 0 Å². The maximum atomic E-state index is 12.8. The standard InChI is InChI=1S/C20H17N3O2S/c1-13-7-8-15(11-14(13)2)22-18(24)12-23-19(9-10-21)26-17-6-4-3-5-16(17)20(23)25/h3-9,11H,12H2,1-2H3,(H,22,24). The molecule has 0 radical (unpaired) electrons. The highest BCUT2D eigenvalue weighted by Gasteiger charge is 2.30. The third-order valence-corrected chi connectivity index (χ3v) is 5.25. The highest BCUT2D eigenvalue weighted by molar-refractivity contribution is 8.03. The minimum atomic E-state index is -0.314. The fourth-order valence-corrected chi connectivity index (χ4v) is 3.63. The molecule has 26 heavy (non-hydrogen) atoms. The van der Waals surface area contributed by atoms with E-state index in [9.17, 15) is 9.59 Å². The second-order valence-corrected chi connectivity index (χ2v) is 7.01. The lowest BCUT2D eigenvalue weighted by Crippen LogP contribution is -2.38. The lowest BCUT2D eigenvalue weighted by atomic mass is 10.1. The van der Waals surface area contributed by atoms with Crippen LogP contribution >= 0.6 is 11.8 Å². The van der Waals surface area contributed by atoms with Gasteiger partial charge in [0.2, 0.25) is 5.91 Å². The van der Waals surface area contributed by atoms with Gasteiger partial charge in [0.1, 0.15) is 6.54 Å². The van der Waals surface area contributed by atoms with Gasteiger partial charge < -0.3 is 5.32 Å². The Kier molecular flexibility index (Phi) is 5.10. The number of rotatable bonds is 3. The number of aryl methyl sites for hydroxylation is 2. The Labute approximate surface area is 156 Å². The number of anilines is 1. The molecule has 0 aliphatic carbocycles. The molecular formula is C20H17N3O2S. The van der Waals surface area contributed by atoms with E-state index in [1.807, 2.05) is 50.2 Å². The normalized spacial score (nSPS) is 14.7. The molecule has 0 bridgehead atoms. The number of hydrogen-bond acceptors (Lipinski definition) is 4. The number of hydrogen-bond donors (Lipinski definition) is 1. The van der Waals surface area contributed by atoms with E-state index in [2.05, 4.69) is 5.32 Å². The number of nitrogens with one attached hydrogen (secondary N) is 1. The topological polar surface area (TPSA) is 73.2 Å². The zero-order valence-corrected chi connectivity index (χ0v) is 15.3. The fraction of sp³-hybridized carbons (Fsp3) is 0.150. The van der Waals surface area contributed by atoms with Crippen LogP contribution in [0.1, 0.15) is 21.5 Å². The van der Waals surface area contributed by atoms with E-state index in [1.54, 1.807) is 12.1 Å². The van der Waals surface area contributed by atoms with E-state index < -0.39 is 0 Å². The van der Waals surface area contributed by atoms with Gasteiger partial charge in [0, 0.05) is 16.7 Å². The van der Waals surface area contributed by atoms with Gasteiger partial charge in [0.15, 0.2) is 0 Å². The van der Waals surface area contributed by atoms with Crippen LogP contribution in [-0.2, 0) is 4.79 Å². The number of nitriles is 1. The van der Waals surface area contributed by atoms with Crippen molar-refractivity contribution in [3.8, 4) is 6.07 Å². The number of thioether (sulfide) groups is 1. The summed E-state index contributed by atoms with van der Waals surface area (Å²) in [5, 5.41) is 12.3. The molecule has 0 saturated carbocycles. The summed E-state index contributed by atoms with van der Waals surface area (Å²) in [7, 11) is 0. The largest absolute Gasteiger partial charge is 0.325 e. The molecule has 2 aromatic carbocycles. The third kappa shape index (κ3) is 3.63. The Morgan fingerprint density at radius 2 is 2.00 bits per heavy atom. The molecule has 1 N–H and O–H groups in total. The number of allylic oxidation sites excluding steroid dienone is 1. The summed E-state index contributed by atoms with van der Waals surface area (Å²) in [4.78, 5) is 27.4. The SMILES string of the molecule is Cc1ccc(NC(=O)CN2C(=O)c3ccccc3SC2=CC#N)cc1C. The summed E-state index contributed by atoms with van der Waals surface area (Å²) in [5.41, 5.74) is 3.43. The lowest BCUT2D eigenvalue weighted by Gasteiger charge is -2.29. The number of carbonyl (C=O) groups excluding carboxylic acids is 2. The van der Waals surface area contributed by atoms with Crippen LogP contribution in [0, 0.1) is 25.2 Å². The van der Waals surface area contributed by atoms with E-state index in [1.165, 1.54) is 22.7 Å². The van der Waals surface area contributed by atoms with Crippen LogP contribution in [0.3, 0.4) is 0 Å². The average Bonchev–Trinajstić information content (AvgIpc) is 2.62. The number of nitrogens with zero attached hydrogens (tertiary/aromatic N) is 2. The molecule has 0 fully saturated rings. The molecule has 0 unspecified atom stereocenters. The van der Waals surface area contributed by atoms with Crippen LogP contribution in [0.5, 0.6) is 0 Å². The van der Waals surface area contributed by atoms with Gasteiger partial charge in [-0.3, -0.25) is 14.5 Å². The van der Waals surface area contributed by atoms with Crippen molar-refractivity contribution in [3.63, 3.8) is 0 Å². The Morgan fingerprint density at radius 1 is 1.23 bits per heavy atom. The van der Waals surface area contributed by atoms with Crippen LogP contribution in [0.2, 0.25) is 0 Å². The minimum Gasteiger partial charge on any atom is -0.325 e. The summed E-state index contributed by atoms with van der Waals surface area (Å²) in [6.07, 6.45) is 1.29. The number of fused-ring (bicyclic) bond motifs is 1. The van der Waals surface area contributed by atoms with Crippen molar-refractivity contribution in [2.75, 3.05) is 11.9 Å². The highest BCUT2D eigenvalue weighted by atomic mass is 32.2. The Bertz CT molecular complexity index is 960. The average molecular weight is 363 g/mol. The van der Waals surface area contributed by atoms with E-state index >= 15 is 0 Å². The number of benzene rings is 2. The highest BCUT2D eigenvalue weighted by Crippen LogP contribution is 2.37. The van der Waals surface area contributed by atoms with E-state index in [0.29, 0.717) is 16.3 Å². The first kappa shape index (κ1) is 17.8. The minimum absolute atomic E-state index is 0.152. The summed E-state index contributed by atoms with van der Waals surface area (Å²) < 4.78 is 0. The maximum absolute atomic E-state index is 12.8. The van der Waals surface area contributed by atoms with Crippen molar-refractivity contribution in [2.45, 2.75) is 18.7 Å². The molecule has 0 atom stereocenters. The first-order valence-electron chi connectivity index (χ1n) is 8.05. The predicted octanol–water partition coefficient (Wildman–Crippen LogP) is 3.86. The van der Waals surface area contributed by atoms with Gasteiger partial charge in [-0.05, 0) is 49.2 Å². The molecule has 0 saturated heterocycles. The number of carbonyl (C=O) groups is 2. The molecule has 5 nitrogen and oxygen atoms in total. The zero-order chi connectivity index (χ0) is 18.7. The van der Waals surface area contributed by atoms with Gasteiger partial charge in [0.05, 0.1) is 16.7 Å². The van der Waals surface area contributed by atoms with Crippen LogP contribution < -0.4 is 5.32 Å². The Morgan fingerprint density at radius 3 is 2.73 bits per heavy atom. The lowest BCUT2D eigenvalue weighted by molar-refractivity contribution is -0.116. The van der Waals surface area contributed by atoms with Crippen molar-refractivity contribution >= 4 is 29.3 Å². The first-order chi connectivity index (χ1) is 12.5. The quantitative estimate of drug-likeness (QED) is 0.841. The first-order valence-corrected chi connectivity index (χ1v) is 8.87. The van der Waals surface area contributed by atoms with Crippen LogP contribution in [0.4, 0.5) is 5.69 Å². The monoisotopic (exact) mass is 363 g/mol. The van der Waals surface area contributed by atoms with Gasteiger partial charge in [0.25, 0.3) is 5.91 Å². The smallest absolute Gasteiger partial charge is 0.260 e. The van der Waals surface area contributed by atoms with E-state index in [4.69, 9.17) is 5.26 Å². The molecule has 0 aromatic heterocycles. The van der Waals surface area contributed by atoms with Crippen molar-refractivity contribution < 1.29 is 9.59 Å². The number of amides is 2. The Balaban J connectivity index is 1.81.